The number of piperidine rings is 1. The van der Waals surface area contributed by atoms with Crippen LogP contribution in [0.3, 0.4) is 0 Å². The minimum atomic E-state index is -0.0972. The zero-order valence-electron chi connectivity index (χ0n) is 10.1. The van der Waals surface area contributed by atoms with Crippen molar-refractivity contribution in [2.24, 2.45) is 5.92 Å². The molecule has 0 aromatic heterocycles. The zero-order chi connectivity index (χ0) is 13.3. The van der Waals surface area contributed by atoms with E-state index in [0.717, 1.165) is 24.0 Å². The normalized spacial score (nSPS) is 24.1. The first-order valence-corrected chi connectivity index (χ1v) is 7.61. The number of phenolic OH excluding ortho intramolecular Hbond substituents is 1. The summed E-state index contributed by atoms with van der Waals surface area (Å²) in [7, 11) is 0. The highest BCUT2D eigenvalue weighted by Gasteiger charge is 2.28. The maximum absolute atomic E-state index is 12.4. The fraction of sp³-hybridized carbons (Fsp3) is 0.462. The van der Waals surface area contributed by atoms with Crippen LogP contribution in [0.25, 0.3) is 0 Å². The topological polar surface area (TPSA) is 40.5 Å². The highest BCUT2D eigenvalue weighted by molar-refractivity contribution is 9.10. The minimum absolute atomic E-state index is 0.0387. The molecule has 1 aliphatic heterocycles. The number of aromatic hydroxyl groups is 1. The molecule has 2 unspecified atom stereocenters. The fourth-order valence-corrected chi connectivity index (χ4v) is 2.88. The minimum Gasteiger partial charge on any atom is -0.507 e. The van der Waals surface area contributed by atoms with Crippen LogP contribution in [0.4, 0.5) is 0 Å². The van der Waals surface area contributed by atoms with Crippen LogP contribution >= 0.6 is 31.9 Å². The van der Waals surface area contributed by atoms with Gasteiger partial charge < -0.3 is 10.0 Å². The molecule has 0 radical (unpaired) electrons. The van der Waals surface area contributed by atoms with Crippen molar-refractivity contribution in [2.45, 2.75) is 18.2 Å². The van der Waals surface area contributed by atoms with Crippen LogP contribution in [0.5, 0.6) is 5.75 Å². The van der Waals surface area contributed by atoms with Gasteiger partial charge in [0.1, 0.15) is 5.75 Å². The number of hydrogen-bond donors (Lipinski definition) is 1. The molecule has 1 saturated heterocycles. The summed E-state index contributed by atoms with van der Waals surface area (Å²) in [5, 5.41) is 9.78. The lowest BCUT2D eigenvalue weighted by Crippen LogP contribution is -2.43. The molecule has 1 aromatic rings. The summed E-state index contributed by atoms with van der Waals surface area (Å²) in [6, 6.07) is 4.93. The van der Waals surface area contributed by atoms with E-state index in [0.29, 0.717) is 16.3 Å². The monoisotopic (exact) mass is 375 g/mol. The SMILES string of the molecule is CC1CN(C(=O)c2cc(Br)ccc2O)CCC1Br. The lowest BCUT2D eigenvalue weighted by atomic mass is 9.99. The Bertz CT molecular complexity index is 464. The second-order valence-electron chi connectivity index (χ2n) is 4.69. The van der Waals surface area contributed by atoms with Crippen LogP contribution in [-0.2, 0) is 0 Å². The van der Waals surface area contributed by atoms with Gasteiger partial charge in [-0.2, -0.15) is 0 Å². The number of benzene rings is 1. The highest BCUT2D eigenvalue weighted by atomic mass is 79.9. The van der Waals surface area contributed by atoms with E-state index in [1.165, 1.54) is 6.07 Å². The van der Waals surface area contributed by atoms with Crippen molar-refractivity contribution in [1.82, 2.24) is 4.90 Å². The molecule has 0 aliphatic carbocycles. The second kappa shape index (κ2) is 5.61. The van der Waals surface area contributed by atoms with Crippen LogP contribution in [0.1, 0.15) is 23.7 Å². The van der Waals surface area contributed by atoms with E-state index < -0.39 is 0 Å². The first kappa shape index (κ1) is 13.9. The number of carbonyl (C=O) groups is 1. The molecule has 1 aliphatic rings. The third-order valence-electron chi connectivity index (χ3n) is 3.28. The summed E-state index contributed by atoms with van der Waals surface area (Å²) >= 11 is 6.94. The van der Waals surface area contributed by atoms with E-state index in [1.807, 2.05) is 4.90 Å². The molecule has 18 heavy (non-hydrogen) atoms. The van der Waals surface area contributed by atoms with Crippen molar-refractivity contribution in [3.8, 4) is 5.75 Å². The summed E-state index contributed by atoms with van der Waals surface area (Å²) < 4.78 is 0.798. The Morgan fingerprint density at radius 2 is 2.22 bits per heavy atom. The summed E-state index contributed by atoms with van der Waals surface area (Å²) in [4.78, 5) is 14.6. The molecular formula is C13H15Br2NO2. The number of rotatable bonds is 1. The molecule has 0 saturated carbocycles. The van der Waals surface area contributed by atoms with Gasteiger partial charge in [0.25, 0.3) is 5.91 Å². The molecule has 1 fully saturated rings. The van der Waals surface area contributed by atoms with Crippen molar-refractivity contribution in [2.75, 3.05) is 13.1 Å². The largest absolute Gasteiger partial charge is 0.507 e. The van der Waals surface area contributed by atoms with Gasteiger partial charge in [-0.05, 0) is 30.5 Å². The molecule has 5 heteroatoms. The van der Waals surface area contributed by atoms with Crippen LogP contribution in [0.2, 0.25) is 0 Å². The van der Waals surface area contributed by atoms with Crippen molar-refractivity contribution >= 4 is 37.8 Å². The first-order chi connectivity index (χ1) is 8.49. The van der Waals surface area contributed by atoms with E-state index >= 15 is 0 Å². The van der Waals surface area contributed by atoms with Gasteiger partial charge in [-0.25, -0.2) is 0 Å². The average molecular weight is 377 g/mol. The summed E-state index contributed by atoms with van der Waals surface area (Å²) in [5.41, 5.74) is 0.365. The van der Waals surface area contributed by atoms with Gasteiger partial charge in [0.15, 0.2) is 0 Å². The van der Waals surface area contributed by atoms with Gasteiger partial charge in [0.05, 0.1) is 5.56 Å². The van der Waals surface area contributed by atoms with Gasteiger partial charge in [-0.1, -0.05) is 38.8 Å². The Labute approximate surface area is 123 Å². The van der Waals surface area contributed by atoms with Gasteiger partial charge in [-0.3, -0.25) is 4.79 Å². The fourth-order valence-electron chi connectivity index (χ4n) is 2.15. The third kappa shape index (κ3) is 2.88. The van der Waals surface area contributed by atoms with Gasteiger partial charge in [0, 0.05) is 22.4 Å². The Kier molecular flexibility index (Phi) is 4.33. The van der Waals surface area contributed by atoms with Crippen LogP contribution in [-0.4, -0.2) is 33.8 Å². The van der Waals surface area contributed by atoms with E-state index in [2.05, 4.69) is 38.8 Å². The number of alkyl halides is 1. The predicted octanol–water partition coefficient (Wildman–Crippen LogP) is 3.40. The molecule has 1 amide bonds. The standard InChI is InChI=1S/C13H15Br2NO2/c1-8-7-16(5-4-11(8)15)13(18)10-6-9(14)2-3-12(10)17/h2-3,6,8,11,17H,4-5,7H2,1H3. The molecule has 0 spiro atoms. The number of phenols is 1. The Morgan fingerprint density at radius 3 is 2.89 bits per heavy atom. The molecule has 2 rings (SSSR count). The number of halogens is 2. The number of nitrogens with zero attached hydrogens (tertiary/aromatic N) is 1. The van der Waals surface area contributed by atoms with Crippen molar-refractivity contribution in [3.05, 3.63) is 28.2 Å². The van der Waals surface area contributed by atoms with E-state index in [4.69, 9.17) is 0 Å². The Balaban J connectivity index is 2.19. The predicted molar refractivity (Wildman–Crippen MR) is 78.2 cm³/mol. The number of amides is 1. The van der Waals surface area contributed by atoms with E-state index in [9.17, 15) is 9.90 Å². The maximum atomic E-state index is 12.4. The molecule has 1 N–H and O–H groups in total. The van der Waals surface area contributed by atoms with E-state index in [-0.39, 0.29) is 11.7 Å². The number of likely N-dealkylation sites (tertiary alicyclic amines) is 1. The Hall–Kier alpha value is -0.550. The third-order valence-corrected chi connectivity index (χ3v) is 5.13. The molecule has 2 atom stereocenters. The summed E-state index contributed by atoms with van der Waals surface area (Å²) in [6.45, 7) is 3.57. The molecular weight excluding hydrogens is 362 g/mol. The molecule has 1 aromatic carbocycles. The average Bonchev–Trinajstić information content (AvgIpc) is 2.35. The van der Waals surface area contributed by atoms with Gasteiger partial charge in [-0.15, -0.1) is 0 Å². The molecule has 3 nitrogen and oxygen atoms in total. The number of hydrogen-bond acceptors (Lipinski definition) is 2. The molecule has 98 valence electrons. The lowest BCUT2D eigenvalue weighted by Gasteiger charge is -2.34. The summed E-state index contributed by atoms with van der Waals surface area (Å²) in [6.07, 6.45) is 0.946. The van der Waals surface area contributed by atoms with Crippen molar-refractivity contribution in [1.29, 1.82) is 0 Å². The van der Waals surface area contributed by atoms with Crippen molar-refractivity contribution in [3.63, 3.8) is 0 Å². The zero-order valence-corrected chi connectivity index (χ0v) is 13.2. The van der Waals surface area contributed by atoms with Gasteiger partial charge in [0.2, 0.25) is 0 Å². The van der Waals surface area contributed by atoms with Crippen molar-refractivity contribution < 1.29 is 9.90 Å². The molecule has 1 heterocycles. The quantitative estimate of drug-likeness (QED) is 0.763. The first-order valence-electron chi connectivity index (χ1n) is 5.91. The molecule has 0 bridgehead atoms. The van der Waals surface area contributed by atoms with Crippen LogP contribution < -0.4 is 0 Å². The van der Waals surface area contributed by atoms with Crippen LogP contribution in [0, 0.1) is 5.92 Å². The highest BCUT2D eigenvalue weighted by Crippen LogP contribution is 2.27. The Morgan fingerprint density at radius 1 is 1.50 bits per heavy atom. The smallest absolute Gasteiger partial charge is 0.257 e. The summed E-state index contributed by atoms with van der Waals surface area (Å²) in [5.74, 6) is 0.369. The lowest BCUT2D eigenvalue weighted by molar-refractivity contribution is 0.0687. The number of carbonyl (C=O) groups excluding carboxylic acids is 1. The van der Waals surface area contributed by atoms with Crippen LogP contribution in [0.15, 0.2) is 22.7 Å². The van der Waals surface area contributed by atoms with E-state index in [1.54, 1.807) is 12.1 Å². The second-order valence-corrected chi connectivity index (χ2v) is 6.79. The van der Waals surface area contributed by atoms with Gasteiger partial charge >= 0.3 is 0 Å². The maximum Gasteiger partial charge on any atom is 0.257 e.